The molecule has 55 heavy (non-hydrogen) atoms. The molecule has 2 unspecified atom stereocenters. The number of carbonyl (C=O) groups is 1. The number of nitrogens with two attached hydrogens (primary N) is 3. The van der Waals surface area contributed by atoms with Gasteiger partial charge in [0.25, 0.3) is 5.91 Å². The van der Waals surface area contributed by atoms with Crippen molar-refractivity contribution in [1.82, 2.24) is 24.3 Å². The maximum absolute atomic E-state index is 16.3. The molecule has 3 fully saturated rings. The number of nitrogens with zero attached hydrogens (tertiary/aromatic N) is 5. The number of phenols is 1. The quantitative estimate of drug-likeness (QED) is 0.143. The van der Waals surface area contributed by atoms with Gasteiger partial charge in [-0.3, -0.25) is 4.79 Å². The molecule has 0 aliphatic carbocycles. The van der Waals surface area contributed by atoms with Crippen molar-refractivity contribution in [2.45, 2.75) is 63.4 Å². The number of allylic oxidation sites excluding steroid dienone is 1. The highest BCUT2D eigenvalue weighted by Gasteiger charge is 2.39. The molecule has 292 valence electrons. The lowest BCUT2D eigenvalue weighted by molar-refractivity contribution is -0.0683. The number of amides is 1. The maximum atomic E-state index is 16.3. The van der Waals surface area contributed by atoms with Gasteiger partial charge in [0.1, 0.15) is 29.0 Å². The van der Waals surface area contributed by atoms with Gasteiger partial charge in [0, 0.05) is 100 Å². The number of aryl methyl sites for hydroxylation is 1. The zero-order chi connectivity index (χ0) is 38.9. The Morgan fingerprint density at radius 1 is 1.02 bits per heavy atom. The smallest absolute Gasteiger partial charge is 0.254 e. The predicted molar refractivity (Wildman–Crippen MR) is 215 cm³/mol. The summed E-state index contributed by atoms with van der Waals surface area (Å²) in [6.45, 7) is 7.73. The van der Waals surface area contributed by atoms with E-state index in [1.54, 1.807) is 35.2 Å². The van der Waals surface area contributed by atoms with E-state index in [2.05, 4.69) is 38.1 Å². The molecule has 2 aromatic carbocycles. The number of likely N-dealkylation sites (tertiary alicyclic amines) is 2. The van der Waals surface area contributed by atoms with E-state index in [-0.39, 0.29) is 29.7 Å². The van der Waals surface area contributed by atoms with Crippen LogP contribution in [0.2, 0.25) is 0 Å². The van der Waals surface area contributed by atoms with Crippen LogP contribution in [-0.4, -0.2) is 99.9 Å². The first kappa shape index (κ1) is 38.0. The van der Waals surface area contributed by atoms with Gasteiger partial charge < -0.3 is 51.6 Å². The van der Waals surface area contributed by atoms with Gasteiger partial charge in [0.15, 0.2) is 0 Å². The average molecular weight is 752 g/mol. The number of halogens is 1. The molecule has 7 rings (SSSR count). The molecular formula is C42H54FN9O3. The van der Waals surface area contributed by atoms with E-state index >= 15 is 4.39 Å². The van der Waals surface area contributed by atoms with E-state index in [9.17, 15) is 9.90 Å². The van der Waals surface area contributed by atoms with E-state index in [4.69, 9.17) is 21.9 Å². The number of rotatable bonds is 9. The lowest BCUT2D eigenvalue weighted by Gasteiger charge is -2.41. The number of benzene rings is 2. The van der Waals surface area contributed by atoms with Gasteiger partial charge in [-0.1, -0.05) is 24.3 Å². The lowest BCUT2D eigenvalue weighted by atomic mass is 9.90. The lowest BCUT2D eigenvalue weighted by Crippen LogP contribution is -2.51. The third-order valence-corrected chi connectivity index (χ3v) is 11.5. The Bertz CT molecular complexity index is 2080. The van der Waals surface area contributed by atoms with Crippen LogP contribution < -0.4 is 22.5 Å². The molecule has 2 aromatic heterocycles. The molecule has 3 saturated heterocycles. The van der Waals surface area contributed by atoms with Crippen LogP contribution in [0.25, 0.3) is 16.7 Å². The highest BCUT2D eigenvalue weighted by molar-refractivity contribution is 5.95. The molecule has 0 spiro atoms. The number of aromatic hydroxyl groups is 1. The fourth-order valence-corrected chi connectivity index (χ4v) is 8.43. The van der Waals surface area contributed by atoms with Crippen molar-refractivity contribution in [3.05, 3.63) is 107 Å². The van der Waals surface area contributed by atoms with Crippen molar-refractivity contribution >= 4 is 28.3 Å². The van der Waals surface area contributed by atoms with Gasteiger partial charge in [-0.15, -0.1) is 0 Å². The zero-order valence-electron chi connectivity index (χ0n) is 32.0. The molecule has 13 heteroatoms. The van der Waals surface area contributed by atoms with E-state index in [0.717, 1.165) is 53.8 Å². The van der Waals surface area contributed by atoms with Gasteiger partial charge in [-0.05, 0) is 74.2 Å². The molecule has 12 nitrogen and oxygen atoms in total. The minimum absolute atomic E-state index is 0.0640. The normalized spacial score (nSPS) is 21.1. The number of fused-ring (bicyclic) bond motifs is 1. The molecule has 0 bridgehead atoms. The number of aromatic nitrogens is 2. The van der Waals surface area contributed by atoms with E-state index in [1.165, 1.54) is 0 Å². The summed E-state index contributed by atoms with van der Waals surface area (Å²) in [5.74, 6) is 0.0932. The minimum Gasteiger partial charge on any atom is -0.507 e. The number of ether oxygens (including phenoxy) is 1. The third kappa shape index (κ3) is 8.23. The Morgan fingerprint density at radius 2 is 1.76 bits per heavy atom. The molecule has 0 radical (unpaired) electrons. The van der Waals surface area contributed by atoms with Gasteiger partial charge >= 0.3 is 0 Å². The average Bonchev–Trinajstić information content (AvgIpc) is 3.60. The van der Waals surface area contributed by atoms with Crippen LogP contribution in [0, 0.1) is 6.92 Å². The molecule has 2 atom stereocenters. The Morgan fingerprint density at radius 3 is 2.45 bits per heavy atom. The molecule has 3 aliphatic rings. The Kier molecular flexibility index (Phi) is 10.9. The molecule has 5 heterocycles. The van der Waals surface area contributed by atoms with Crippen LogP contribution in [0.1, 0.15) is 71.8 Å². The standard InChI is InChI=1S/C42H54FN9O3/c1-27-20-29(38-25-51(24-28(2)55-38)36(39(45)46)22-35(44)34-6-4-5-7-37(34)53)8-9-33(27)41(54)50-18-13-42(43,14-19-50)26-49-15-11-32(12-16-49)52-17-10-30-21-31(47-3)23-48-40(30)52/h4-10,17,20-23,28,32,38,47,53H,11-16,18-19,24-26,44-46H2,1-3H3/b35-22-. The Balaban J connectivity index is 0.941. The summed E-state index contributed by atoms with van der Waals surface area (Å²) < 4.78 is 24.9. The summed E-state index contributed by atoms with van der Waals surface area (Å²) in [6, 6.07) is 17.2. The first-order chi connectivity index (χ1) is 26.4. The second kappa shape index (κ2) is 15.8. The topological polar surface area (TPSA) is 164 Å². The number of piperidine rings is 2. The summed E-state index contributed by atoms with van der Waals surface area (Å²) in [6.07, 6.45) is 7.73. The monoisotopic (exact) mass is 751 g/mol. The van der Waals surface area contributed by atoms with Crippen LogP contribution in [0.15, 0.2) is 84.6 Å². The SMILES string of the molecule is CNc1cnc2c(ccn2C2CCN(CC3(F)CCN(C(=O)c4ccc(C5CN(C(/C=C(\N)c6ccccc6O)=C(N)N)CC(C)O5)cc4C)CC3)CC2)c1. The van der Waals surface area contributed by atoms with Gasteiger partial charge in [-0.25, -0.2) is 9.37 Å². The Labute approximate surface area is 322 Å². The van der Waals surface area contributed by atoms with Gasteiger partial charge in [0.2, 0.25) is 0 Å². The Hall–Kier alpha value is -5.27. The van der Waals surface area contributed by atoms with Crippen molar-refractivity contribution in [2.24, 2.45) is 17.2 Å². The highest BCUT2D eigenvalue weighted by atomic mass is 19.1. The van der Waals surface area contributed by atoms with Gasteiger partial charge in [-0.2, -0.15) is 0 Å². The fourth-order valence-electron chi connectivity index (χ4n) is 8.43. The van der Waals surface area contributed by atoms with Crippen LogP contribution in [-0.2, 0) is 4.74 Å². The number of hydrogen-bond acceptors (Lipinski definition) is 10. The number of alkyl halides is 1. The van der Waals surface area contributed by atoms with E-state index < -0.39 is 5.67 Å². The van der Waals surface area contributed by atoms with Gasteiger partial charge in [0.05, 0.1) is 23.7 Å². The summed E-state index contributed by atoms with van der Waals surface area (Å²) in [5.41, 5.74) is 23.1. The molecular weight excluding hydrogens is 698 g/mol. The van der Waals surface area contributed by atoms with E-state index in [0.29, 0.717) is 74.1 Å². The zero-order valence-corrected chi connectivity index (χ0v) is 32.0. The number of phenolic OH excluding ortho intramolecular Hbond substituents is 1. The number of morpholine rings is 1. The minimum atomic E-state index is -1.32. The summed E-state index contributed by atoms with van der Waals surface area (Å²) in [4.78, 5) is 24.5. The molecule has 1 amide bonds. The number of para-hydroxylation sites is 1. The van der Waals surface area contributed by atoms with Crippen molar-refractivity contribution in [3.8, 4) is 5.75 Å². The fraction of sp³-hybridized carbons (Fsp3) is 0.429. The van der Waals surface area contributed by atoms with Crippen molar-refractivity contribution < 1.29 is 19.0 Å². The van der Waals surface area contributed by atoms with Crippen LogP contribution in [0.4, 0.5) is 10.1 Å². The molecule has 3 aliphatic heterocycles. The van der Waals surface area contributed by atoms with Crippen LogP contribution >= 0.6 is 0 Å². The molecule has 0 saturated carbocycles. The van der Waals surface area contributed by atoms with Crippen LogP contribution in [0.3, 0.4) is 0 Å². The maximum Gasteiger partial charge on any atom is 0.254 e. The van der Waals surface area contributed by atoms with Crippen molar-refractivity contribution in [1.29, 1.82) is 0 Å². The number of pyridine rings is 1. The molecule has 8 N–H and O–H groups in total. The second-order valence-corrected chi connectivity index (χ2v) is 15.4. The number of carbonyl (C=O) groups excluding carboxylic acids is 1. The first-order valence-electron chi connectivity index (χ1n) is 19.3. The number of anilines is 1. The van der Waals surface area contributed by atoms with Crippen molar-refractivity contribution in [2.75, 3.05) is 58.2 Å². The summed E-state index contributed by atoms with van der Waals surface area (Å²) in [7, 11) is 1.89. The summed E-state index contributed by atoms with van der Waals surface area (Å²) >= 11 is 0. The predicted octanol–water partition coefficient (Wildman–Crippen LogP) is 5.22. The largest absolute Gasteiger partial charge is 0.507 e. The number of nitrogens with one attached hydrogen (secondary N) is 1. The molecule has 4 aromatic rings. The second-order valence-electron chi connectivity index (χ2n) is 15.4. The highest BCUT2D eigenvalue weighted by Crippen LogP contribution is 2.34. The third-order valence-electron chi connectivity index (χ3n) is 11.5. The van der Waals surface area contributed by atoms with E-state index in [1.807, 2.05) is 50.2 Å². The summed E-state index contributed by atoms with van der Waals surface area (Å²) in [5, 5.41) is 14.6. The first-order valence-corrected chi connectivity index (χ1v) is 19.3. The van der Waals surface area contributed by atoms with Crippen molar-refractivity contribution in [3.63, 3.8) is 0 Å². The van der Waals surface area contributed by atoms with Crippen LogP contribution in [0.5, 0.6) is 5.75 Å². The number of hydrogen-bond donors (Lipinski definition) is 5.